The first-order valence-corrected chi connectivity index (χ1v) is 7.93. The number of hydrazone groups is 1. The standard InChI is InChI=1S/C19H22N2O3/c1-4-23-17-11-8-15(12-18(17)24-5-2)13-20-21-19(22)16-9-6-14(3)7-10-16/h6-13H,4-5H2,1-3H3,(H,21,22)/b20-13-. The molecule has 0 heterocycles. The first-order chi connectivity index (χ1) is 11.6. The van der Waals surface area contributed by atoms with E-state index in [4.69, 9.17) is 9.47 Å². The van der Waals surface area contributed by atoms with Crippen LogP contribution in [0.4, 0.5) is 0 Å². The van der Waals surface area contributed by atoms with Crippen molar-refractivity contribution in [3.8, 4) is 11.5 Å². The van der Waals surface area contributed by atoms with Gasteiger partial charge in [-0.05, 0) is 56.7 Å². The van der Waals surface area contributed by atoms with Crippen molar-refractivity contribution in [3.05, 3.63) is 59.2 Å². The topological polar surface area (TPSA) is 59.9 Å². The summed E-state index contributed by atoms with van der Waals surface area (Å²) in [6.45, 7) is 6.93. The number of amides is 1. The Kier molecular flexibility index (Phi) is 6.37. The van der Waals surface area contributed by atoms with E-state index in [-0.39, 0.29) is 5.91 Å². The minimum Gasteiger partial charge on any atom is -0.490 e. The van der Waals surface area contributed by atoms with Crippen molar-refractivity contribution in [2.45, 2.75) is 20.8 Å². The normalized spacial score (nSPS) is 10.6. The van der Waals surface area contributed by atoms with Gasteiger partial charge in [0.1, 0.15) is 0 Å². The Bertz CT molecular complexity index is 709. The second-order valence-electron chi connectivity index (χ2n) is 5.14. The maximum absolute atomic E-state index is 12.0. The molecule has 0 saturated heterocycles. The Balaban J connectivity index is 2.04. The van der Waals surface area contributed by atoms with E-state index in [1.807, 2.05) is 51.1 Å². The summed E-state index contributed by atoms with van der Waals surface area (Å²) < 4.78 is 11.1. The summed E-state index contributed by atoms with van der Waals surface area (Å²) in [5.41, 5.74) is 5.00. The van der Waals surface area contributed by atoms with Gasteiger partial charge in [0.2, 0.25) is 0 Å². The molecule has 0 saturated carbocycles. The van der Waals surface area contributed by atoms with Crippen molar-refractivity contribution in [1.29, 1.82) is 0 Å². The molecule has 2 aromatic rings. The third-order valence-electron chi connectivity index (χ3n) is 3.26. The van der Waals surface area contributed by atoms with Gasteiger partial charge in [-0.25, -0.2) is 5.43 Å². The summed E-state index contributed by atoms with van der Waals surface area (Å²) in [6, 6.07) is 12.8. The summed E-state index contributed by atoms with van der Waals surface area (Å²) >= 11 is 0. The van der Waals surface area contributed by atoms with Crippen molar-refractivity contribution >= 4 is 12.1 Å². The van der Waals surface area contributed by atoms with Gasteiger partial charge in [-0.3, -0.25) is 4.79 Å². The molecule has 1 amide bonds. The highest BCUT2D eigenvalue weighted by atomic mass is 16.5. The summed E-state index contributed by atoms with van der Waals surface area (Å²) in [7, 11) is 0. The van der Waals surface area contributed by atoms with Crippen molar-refractivity contribution in [1.82, 2.24) is 5.43 Å². The molecular formula is C19H22N2O3. The lowest BCUT2D eigenvalue weighted by Crippen LogP contribution is -2.17. The molecule has 5 heteroatoms. The Morgan fingerprint density at radius 3 is 2.38 bits per heavy atom. The van der Waals surface area contributed by atoms with Crippen molar-refractivity contribution in [3.63, 3.8) is 0 Å². The Hall–Kier alpha value is -2.82. The van der Waals surface area contributed by atoms with Crippen LogP contribution < -0.4 is 14.9 Å². The van der Waals surface area contributed by atoms with Crippen LogP contribution in [0, 0.1) is 6.92 Å². The van der Waals surface area contributed by atoms with Crippen molar-refractivity contribution < 1.29 is 14.3 Å². The predicted octanol–water partition coefficient (Wildman–Crippen LogP) is 3.56. The molecule has 1 N–H and O–H groups in total. The fourth-order valence-electron chi connectivity index (χ4n) is 2.08. The van der Waals surface area contributed by atoms with Crippen LogP contribution >= 0.6 is 0 Å². The highest BCUT2D eigenvalue weighted by Crippen LogP contribution is 2.27. The Morgan fingerprint density at radius 2 is 1.71 bits per heavy atom. The van der Waals surface area contributed by atoms with Crippen LogP contribution in [-0.2, 0) is 0 Å². The number of carbonyl (C=O) groups is 1. The molecule has 0 radical (unpaired) electrons. The lowest BCUT2D eigenvalue weighted by atomic mass is 10.1. The fourth-order valence-corrected chi connectivity index (χ4v) is 2.08. The molecule has 0 aliphatic heterocycles. The van der Waals surface area contributed by atoms with Gasteiger partial charge in [0.25, 0.3) is 5.91 Å². The van der Waals surface area contributed by atoms with Gasteiger partial charge in [0.05, 0.1) is 19.4 Å². The van der Waals surface area contributed by atoms with Crippen LogP contribution in [0.25, 0.3) is 0 Å². The molecule has 126 valence electrons. The molecule has 24 heavy (non-hydrogen) atoms. The van der Waals surface area contributed by atoms with Gasteiger partial charge in [-0.15, -0.1) is 0 Å². The molecule has 0 aliphatic rings. The molecule has 0 aliphatic carbocycles. The van der Waals surface area contributed by atoms with Crippen LogP contribution in [-0.4, -0.2) is 25.3 Å². The van der Waals surface area contributed by atoms with Crippen LogP contribution in [0.15, 0.2) is 47.6 Å². The van der Waals surface area contributed by atoms with Crippen LogP contribution in [0.5, 0.6) is 11.5 Å². The number of carbonyl (C=O) groups excluding carboxylic acids is 1. The van der Waals surface area contributed by atoms with E-state index in [0.717, 1.165) is 11.1 Å². The minimum absolute atomic E-state index is 0.248. The van der Waals surface area contributed by atoms with E-state index in [0.29, 0.717) is 30.3 Å². The van der Waals surface area contributed by atoms with Gasteiger partial charge in [-0.1, -0.05) is 17.7 Å². The first kappa shape index (κ1) is 17.5. The molecule has 5 nitrogen and oxygen atoms in total. The summed E-state index contributed by atoms with van der Waals surface area (Å²) in [5, 5.41) is 4.00. The lowest BCUT2D eigenvalue weighted by molar-refractivity contribution is 0.0955. The van der Waals surface area contributed by atoms with E-state index >= 15 is 0 Å². The molecular weight excluding hydrogens is 304 g/mol. The Labute approximate surface area is 142 Å². The Morgan fingerprint density at radius 1 is 1.04 bits per heavy atom. The zero-order valence-electron chi connectivity index (χ0n) is 14.2. The van der Waals surface area contributed by atoms with Crippen molar-refractivity contribution in [2.24, 2.45) is 5.10 Å². The minimum atomic E-state index is -0.248. The van der Waals surface area contributed by atoms with E-state index in [9.17, 15) is 4.79 Å². The quantitative estimate of drug-likeness (QED) is 0.625. The summed E-state index contributed by atoms with van der Waals surface area (Å²) in [4.78, 5) is 12.0. The van der Waals surface area contributed by atoms with Gasteiger partial charge in [0, 0.05) is 5.56 Å². The average molecular weight is 326 g/mol. The third-order valence-corrected chi connectivity index (χ3v) is 3.26. The number of nitrogens with zero attached hydrogens (tertiary/aromatic N) is 1. The van der Waals surface area contributed by atoms with E-state index < -0.39 is 0 Å². The second-order valence-corrected chi connectivity index (χ2v) is 5.14. The third kappa shape index (κ3) is 4.84. The van der Waals surface area contributed by atoms with Gasteiger partial charge >= 0.3 is 0 Å². The lowest BCUT2D eigenvalue weighted by Gasteiger charge is -2.11. The first-order valence-electron chi connectivity index (χ1n) is 7.93. The predicted molar refractivity (Wildman–Crippen MR) is 95.0 cm³/mol. The monoisotopic (exact) mass is 326 g/mol. The van der Waals surface area contributed by atoms with E-state index in [1.54, 1.807) is 18.3 Å². The van der Waals surface area contributed by atoms with Gasteiger partial charge in [0.15, 0.2) is 11.5 Å². The number of ether oxygens (including phenoxy) is 2. The van der Waals surface area contributed by atoms with E-state index in [2.05, 4.69) is 10.5 Å². The van der Waals surface area contributed by atoms with Crippen molar-refractivity contribution in [2.75, 3.05) is 13.2 Å². The second kappa shape index (κ2) is 8.72. The number of hydrogen-bond acceptors (Lipinski definition) is 4. The highest BCUT2D eigenvalue weighted by molar-refractivity contribution is 5.94. The van der Waals surface area contributed by atoms with E-state index in [1.165, 1.54) is 0 Å². The number of aryl methyl sites for hydroxylation is 1. The average Bonchev–Trinajstić information content (AvgIpc) is 2.58. The molecule has 0 spiro atoms. The maximum atomic E-state index is 12.0. The number of nitrogens with one attached hydrogen (secondary N) is 1. The summed E-state index contributed by atoms with van der Waals surface area (Å²) in [5.74, 6) is 1.11. The van der Waals surface area contributed by atoms with Crippen LogP contribution in [0.1, 0.15) is 35.3 Å². The van der Waals surface area contributed by atoms with Gasteiger partial charge in [-0.2, -0.15) is 5.10 Å². The fraction of sp³-hybridized carbons (Fsp3) is 0.263. The largest absolute Gasteiger partial charge is 0.490 e. The molecule has 0 unspecified atom stereocenters. The zero-order chi connectivity index (χ0) is 17.4. The van der Waals surface area contributed by atoms with Crippen LogP contribution in [0.3, 0.4) is 0 Å². The van der Waals surface area contributed by atoms with Gasteiger partial charge < -0.3 is 9.47 Å². The molecule has 2 rings (SSSR count). The SMILES string of the molecule is CCOc1ccc(/C=N\NC(=O)c2ccc(C)cc2)cc1OCC. The highest BCUT2D eigenvalue weighted by Gasteiger charge is 2.06. The smallest absolute Gasteiger partial charge is 0.271 e. The zero-order valence-corrected chi connectivity index (χ0v) is 14.2. The number of benzene rings is 2. The van der Waals surface area contributed by atoms with Crippen LogP contribution in [0.2, 0.25) is 0 Å². The molecule has 2 aromatic carbocycles. The molecule has 0 fully saturated rings. The molecule has 0 atom stereocenters. The molecule has 0 bridgehead atoms. The maximum Gasteiger partial charge on any atom is 0.271 e. The number of rotatable bonds is 7. The summed E-state index contributed by atoms with van der Waals surface area (Å²) in [6.07, 6.45) is 1.57. The molecule has 0 aromatic heterocycles. The number of hydrogen-bond donors (Lipinski definition) is 1.